The summed E-state index contributed by atoms with van der Waals surface area (Å²) in [5, 5.41) is 3.34. The van der Waals surface area contributed by atoms with Crippen LogP contribution in [-0.2, 0) is 0 Å². The van der Waals surface area contributed by atoms with E-state index >= 15 is 0 Å². The summed E-state index contributed by atoms with van der Waals surface area (Å²) in [5.41, 5.74) is 1.43. The monoisotopic (exact) mass is 209 g/mol. The first kappa shape index (κ1) is 12.8. The van der Waals surface area contributed by atoms with Gasteiger partial charge in [0.25, 0.3) is 0 Å². The molecule has 0 bridgehead atoms. The molecule has 0 aliphatic heterocycles. The van der Waals surface area contributed by atoms with Crippen molar-refractivity contribution in [1.82, 2.24) is 5.32 Å². The van der Waals surface area contributed by atoms with Gasteiger partial charge in [0.15, 0.2) is 0 Å². The van der Waals surface area contributed by atoms with Crippen LogP contribution in [0.5, 0.6) is 0 Å². The average Bonchev–Trinajstić information content (AvgIpc) is 2.14. The first-order chi connectivity index (χ1) is 7.04. The zero-order valence-corrected chi connectivity index (χ0v) is 10.8. The fraction of sp³-hybridized carbons (Fsp3) is 0.857. The van der Waals surface area contributed by atoms with Crippen LogP contribution in [0.1, 0.15) is 46.5 Å². The van der Waals surface area contributed by atoms with E-state index in [4.69, 9.17) is 0 Å². The van der Waals surface area contributed by atoms with Crippen molar-refractivity contribution in [1.29, 1.82) is 0 Å². The number of allylic oxidation sites excluding steroid dienone is 1. The molecule has 1 unspecified atom stereocenters. The lowest BCUT2D eigenvalue weighted by Crippen LogP contribution is -2.39. The maximum atomic E-state index is 4.19. The largest absolute Gasteiger partial charge is 0.317 e. The lowest BCUT2D eigenvalue weighted by Gasteiger charge is -2.36. The summed E-state index contributed by atoms with van der Waals surface area (Å²) in [5.74, 6) is 2.33. The van der Waals surface area contributed by atoms with Crippen LogP contribution in [0.3, 0.4) is 0 Å². The van der Waals surface area contributed by atoms with E-state index in [0.717, 1.165) is 12.0 Å². The van der Waals surface area contributed by atoms with E-state index in [2.05, 4.69) is 39.7 Å². The Morgan fingerprint density at radius 1 is 1.33 bits per heavy atom. The first-order valence-corrected chi connectivity index (χ1v) is 6.40. The lowest BCUT2D eigenvalue weighted by molar-refractivity contribution is 0.210. The highest BCUT2D eigenvalue weighted by atomic mass is 14.9. The van der Waals surface area contributed by atoms with E-state index in [0.29, 0.717) is 11.8 Å². The lowest BCUT2D eigenvalue weighted by atomic mass is 9.75. The maximum absolute atomic E-state index is 4.19. The number of rotatable bonds is 6. The number of nitrogens with one attached hydrogen (secondary N) is 1. The highest BCUT2D eigenvalue weighted by Gasteiger charge is 2.27. The minimum absolute atomic E-state index is 0.645. The normalized spacial score (nSPS) is 27.5. The predicted octanol–water partition coefficient (Wildman–Crippen LogP) is 3.61. The molecule has 0 amide bonds. The summed E-state index contributed by atoms with van der Waals surface area (Å²) in [7, 11) is 2.07. The topological polar surface area (TPSA) is 12.0 Å². The number of hydrogen-bond acceptors (Lipinski definition) is 1. The van der Waals surface area contributed by atoms with Crippen molar-refractivity contribution in [2.45, 2.75) is 52.5 Å². The average molecular weight is 209 g/mol. The first-order valence-electron chi connectivity index (χ1n) is 6.40. The summed E-state index contributed by atoms with van der Waals surface area (Å²) in [6.45, 7) is 11.0. The molecule has 1 fully saturated rings. The van der Waals surface area contributed by atoms with Crippen LogP contribution in [0.2, 0.25) is 0 Å². The van der Waals surface area contributed by atoms with Gasteiger partial charge in [0, 0.05) is 6.04 Å². The molecule has 0 aromatic rings. The number of hydrogen-bond donors (Lipinski definition) is 1. The highest BCUT2D eigenvalue weighted by Crippen LogP contribution is 2.33. The van der Waals surface area contributed by atoms with Gasteiger partial charge in [0.1, 0.15) is 0 Å². The smallest absolute Gasteiger partial charge is 0.00693 e. The van der Waals surface area contributed by atoms with Gasteiger partial charge < -0.3 is 5.32 Å². The van der Waals surface area contributed by atoms with Crippen molar-refractivity contribution in [3.63, 3.8) is 0 Å². The molecule has 1 heteroatoms. The summed E-state index contributed by atoms with van der Waals surface area (Å²) in [6, 6.07) is 0.804. The van der Waals surface area contributed by atoms with Crippen LogP contribution in [-0.4, -0.2) is 13.1 Å². The molecular formula is C14H27N. The van der Waals surface area contributed by atoms with E-state index in [-0.39, 0.29) is 0 Å². The zero-order chi connectivity index (χ0) is 11.4. The third-order valence-electron chi connectivity index (χ3n) is 4.03. The van der Waals surface area contributed by atoms with Gasteiger partial charge in [-0.15, -0.1) is 0 Å². The summed E-state index contributed by atoms with van der Waals surface area (Å²) < 4.78 is 0. The molecule has 0 aromatic heterocycles. The highest BCUT2D eigenvalue weighted by molar-refractivity contribution is 5.02. The fourth-order valence-electron chi connectivity index (χ4n) is 2.45. The second-order valence-corrected chi connectivity index (χ2v) is 5.53. The van der Waals surface area contributed by atoms with E-state index in [1.54, 1.807) is 0 Å². The third-order valence-corrected chi connectivity index (χ3v) is 4.03. The molecule has 0 saturated heterocycles. The molecule has 1 saturated carbocycles. The Labute approximate surface area is 95.3 Å². The van der Waals surface area contributed by atoms with Gasteiger partial charge >= 0.3 is 0 Å². The molecule has 1 N–H and O–H groups in total. The van der Waals surface area contributed by atoms with E-state index in [1.165, 1.54) is 31.3 Å². The van der Waals surface area contributed by atoms with E-state index < -0.39 is 0 Å². The van der Waals surface area contributed by atoms with Crippen LogP contribution in [0, 0.1) is 17.8 Å². The van der Waals surface area contributed by atoms with E-state index in [1.807, 2.05) is 0 Å². The van der Waals surface area contributed by atoms with Gasteiger partial charge in [0.05, 0.1) is 0 Å². The summed E-state index contributed by atoms with van der Waals surface area (Å²) >= 11 is 0. The Kier molecular flexibility index (Phi) is 4.85. The summed E-state index contributed by atoms with van der Waals surface area (Å²) in [4.78, 5) is 0. The molecule has 0 radical (unpaired) electrons. The summed E-state index contributed by atoms with van der Waals surface area (Å²) in [6.07, 6.45) is 5.50. The molecule has 1 aliphatic rings. The van der Waals surface area contributed by atoms with Crippen LogP contribution in [0.25, 0.3) is 0 Å². The van der Waals surface area contributed by atoms with Crippen molar-refractivity contribution in [3.05, 3.63) is 12.2 Å². The van der Waals surface area contributed by atoms with Gasteiger partial charge in [0.2, 0.25) is 0 Å². The second-order valence-electron chi connectivity index (χ2n) is 5.53. The minimum atomic E-state index is 0.645. The van der Waals surface area contributed by atoms with Crippen molar-refractivity contribution in [2.75, 3.05) is 7.05 Å². The van der Waals surface area contributed by atoms with Crippen LogP contribution in [0.15, 0.2) is 12.2 Å². The van der Waals surface area contributed by atoms with Gasteiger partial charge in [-0.05, 0) is 50.5 Å². The van der Waals surface area contributed by atoms with Gasteiger partial charge in [-0.1, -0.05) is 32.9 Å². The predicted molar refractivity (Wildman–Crippen MR) is 67.9 cm³/mol. The van der Waals surface area contributed by atoms with E-state index in [9.17, 15) is 0 Å². The fourth-order valence-corrected chi connectivity index (χ4v) is 2.45. The minimum Gasteiger partial charge on any atom is -0.317 e. The standard InChI is InChI=1S/C14H27N/c1-10(2)12(4)11(3)6-7-13-8-14(9-13)15-5/h10-11,13-15H,4,6-9H2,1-3,5H3. The van der Waals surface area contributed by atoms with Crippen molar-refractivity contribution >= 4 is 0 Å². The van der Waals surface area contributed by atoms with Gasteiger partial charge in [-0.2, -0.15) is 0 Å². The second kappa shape index (κ2) is 5.69. The molecule has 0 aromatic carbocycles. The Morgan fingerprint density at radius 2 is 1.93 bits per heavy atom. The third kappa shape index (κ3) is 3.64. The molecule has 88 valence electrons. The Bertz CT molecular complexity index is 201. The van der Waals surface area contributed by atoms with Crippen LogP contribution >= 0.6 is 0 Å². The Hall–Kier alpha value is -0.300. The van der Waals surface area contributed by atoms with Crippen molar-refractivity contribution < 1.29 is 0 Å². The molecule has 15 heavy (non-hydrogen) atoms. The van der Waals surface area contributed by atoms with Gasteiger partial charge in [-0.25, -0.2) is 0 Å². The molecule has 0 heterocycles. The molecule has 1 atom stereocenters. The quantitative estimate of drug-likeness (QED) is 0.659. The molecule has 1 nitrogen and oxygen atoms in total. The molecular weight excluding hydrogens is 182 g/mol. The Morgan fingerprint density at radius 3 is 2.40 bits per heavy atom. The molecule has 1 rings (SSSR count). The molecule has 0 spiro atoms. The van der Waals surface area contributed by atoms with Crippen LogP contribution < -0.4 is 5.32 Å². The van der Waals surface area contributed by atoms with Gasteiger partial charge in [-0.3, -0.25) is 0 Å². The van der Waals surface area contributed by atoms with Crippen molar-refractivity contribution in [2.24, 2.45) is 17.8 Å². The van der Waals surface area contributed by atoms with Crippen molar-refractivity contribution in [3.8, 4) is 0 Å². The zero-order valence-electron chi connectivity index (χ0n) is 10.8. The Balaban J connectivity index is 2.13. The van der Waals surface area contributed by atoms with Crippen LogP contribution in [0.4, 0.5) is 0 Å². The molecule has 1 aliphatic carbocycles. The maximum Gasteiger partial charge on any atom is 0.00693 e. The SMILES string of the molecule is C=C(C(C)C)C(C)CCC1CC(NC)C1.